The standard InChI is InChI=1S/C14H18ClN3O2/c1-10(15)14(20)18-7-4-12(5-8-18)17-13(19)11-3-2-6-16-9-11/h2-3,6,9-10,12H,4-5,7-8H2,1H3,(H,17,19). The highest BCUT2D eigenvalue weighted by molar-refractivity contribution is 6.30. The van der Waals surface area contributed by atoms with Crippen molar-refractivity contribution in [3.8, 4) is 0 Å². The van der Waals surface area contributed by atoms with E-state index in [1.807, 2.05) is 0 Å². The molecule has 1 saturated heterocycles. The third-order valence-corrected chi connectivity index (χ3v) is 3.59. The van der Waals surface area contributed by atoms with Crippen LogP contribution in [0.1, 0.15) is 30.1 Å². The van der Waals surface area contributed by atoms with Gasteiger partial charge in [0.15, 0.2) is 0 Å². The molecule has 0 aromatic carbocycles. The smallest absolute Gasteiger partial charge is 0.253 e. The van der Waals surface area contributed by atoms with Gasteiger partial charge in [-0.1, -0.05) is 0 Å². The second-order valence-electron chi connectivity index (χ2n) is 4.93. The van der Waals surface area contributed by atoms with Gasteiger partial charge in [-0.15, -0.1) is 11.6 Å². The van der Waals surface area contributed by atoms with Crippen LogP contribution in [0.2, 0.25) is 0 Å². The summed E-state index contributed by atoms with van der Waals surface area (Å²) in [6, 6.07) is 3.56. The van der Waals surface area contributed by atoms with Gasteiger partial charge >= 0.3 is 0 Å². The summed E-state index contributed by atoms with van der Waals surface area (Å²) in [5.41, 5.74) is 0.556. The van der Waals surface area contributed by atoms with E-state index in [4.69, 9.17) is 11.6 Å². The van der Waals surface area contributed by atoms with Crippen molar-refractivity contribution in [2.75, 3.05) is 13.1 Å². The Balaban J connectivity index is 1.83. The van der Waals surface area contributed by atoms with E-state index in [-0.39, 0.29) is 17.9 Å². The molecule has 108 valence electrons. The minimum absolute atomic E-state index is 0.0382. The monoisotopic (exact) mass is 295 g/mol. The van der Waals surface area contributed by atoms with Gasteiger partial charge in [0.2, 0.25) is 5.91 Å². The molecule has 6 heteroatoms. The number of nitrogens with one attached hydrogen (secondary N) is 1. The van der Waals surface area contributed by atoms with E-state index >= 15 is 0 Å². The fourth-order valence-electron chi connectivity index (χ4n) is 2.26. The molecule has 20 heavy (non-hydrogen) atoms. The first-order valence-corrected chi connectivity index (χ1v) is 7.15. The van der Waals surface area contributed by atoms with E-state index in [1.165, 1.54) is 0 Å². The minimum atomic E-state index is -0.489. The largest absolute Gasteiger partial charge is 0.349 e. The van der Waals surface area contributed by atoms with Crippen molar-refractivity contribution < 1.29 is 9.59 Å². The lowest BCUT2D eigenvalue weighted by Crippen LogP contribution is -2.48. The van der Waals surface area contributed by atoms with Crippen molar-refractivity contribution >= 4 is 23.4 Å². The van der Waals surface area contributed by atoms with E-state index < -0.39 is 5.38 Å². The molecule has 5 nitrogen and oxygen atoms in total. The molecule has 1 unspecified atom stereocenters. The molecule has 1 N–H and O–H groups in total. The lowest BCUT2D eigenvalue weighted by Gasteiger charge is -2.33. The maximum absolute atomic E-state index is 12.0. The summed E-state index contributed by atoms with van der Waals surface area (Å²) in [7, 11) is 0. The first-order valence-electron chi connectivity index (χ1n) is 6.71. The number of aromatic nitrogens is 1. The number of carbonyl (C=O) groups is 2. The van der Waals surface area contributed by atoms with Crippen molar-refractivity contribution in [1.29, 1.82) is 0 Å². The topological polar surface area (TPSA) is 62.3 Å². The number of likely N-dealkylation sites (tertiary alicyclic amines) is 1. The zero-order valence-electron chi connectivity index (χ0n) is 11.4. The highest BCUT2D eigenvalue weighted by atomic mass is 35.5. The average Bonchev–Trinajstić information content (AvgIpc) is 2.48. The van der Waals surface area contributed by atoms with Gasteiger partial charge < -0.3 is 10.2 Å². The summed E-state index contributed by atoms with van der Waals surface area (Å²) in [4.78, 5) is 29.4. The lowest BCUT2D eigenvalue weighted by molar-refractivity contribution is -0.131. The molecule has 0 spiro atoms. The lowest BCUT2D eigenvalue weighted by atomic mass is 10.0. The number of pyridine rings is 1. The maximum atomic E-state index is 12.0. The number of amides is 2. The van der Waals surface area contributed by atoms with Crippen LogP contribution >= 0.6 is 11.6 Å². The van der Waals surface area contributed by atoms with Crippen molar-refractivity contribution in [1.82, 2.24) is 15.2 Å². The summed E-state index contributed by atoms with van der Waals surface area (Å²) < 4.78 is 0. The Morgan fingerprint density at radius 1 is 1.45 bits per heavy atom. The second-order valence-corrected chi connectivity index (χ2v) is 5.59. The van der Waals surface area contributed by atoms with Crippen LogP contribution in [0.25, 0.3) is 0 Å². The molecule has 1 fully saturated rings. The van der Waals surface area contributed by atoms with Crippen LogP contribution in [-0.2, 0) is 4.79 Å². The van der Waals surface area contributed by atoms with E-state index in [2.05, 4.69) is 10.3 Å². The van der Waals surface area contributed by atoms with Gasteiger partial charge in [-0.05, 0) is 31.9 Å². The molecule has 0 bridgehead atoms. The summed E-state index contributed by atoms with van der Waals surface area (Å²) in [6.07, 6.45) is 4.68. The molecule has 1 aliphatic rings. The third-order valence-electron chi connectivity index (χ3n) is 3.41. The van der Waals surface area contributed by atoms with Crippen LogP contribution in [0.4, 0.5) is 0 Å². The first kappa shape index (κ1) is 14.8. The minimum Gasteiger partial charge on any atom is -0.349 e. The van der Waals surface area contributed by atoms with E-state index in [1.54, 1.807) is 36.4 Å². The molecule has 1 aromatic heterocycles. The molecule has 0 aliphatic carbocycles. The fourth-order valence-corrected chi connectivity index (χ4v) is 2.40. The average molecular weight is 296 g/mol. The molecule has 1 atom stereocenters. The van der Waals surface area contributed by atoms with Crippen LogP contribution in [0.3, 0.4) is 0 Å². The van der Waals surface area contributed by atoms with Crippen LogP contribution in [0.5, 0.6) is 0 Å². The summed E-state index contributed by atoms with van der Waals surface area (Å²) in [5.74, 6) is -0.155. The van der Waals surface area contributed by atoms with Gasteiger partial charge in [0.05, 0.1) is 5.56 Å². The van der Waals surface area contributed by atoms with Gasteiger partial charge in [0, 0.05) is 31.5 Å². The first-order chi connectivity index (χ1) is 9.58. The quantitative estimate of drug-likeness (QED) is 0.858. The van der Waals surface area contributed by atoms with E-state index in [0.29, 0.717) is 18.7 Å². The fraction of sp³-hybridized carbons (Fsp3) is 0.500. The molecule has 1 aliphatic heterocycles. The number of piperidine rings is 1. The van der Waals surface area contributed by atoms with Crippen LogP contribution < -0.4 is 5.32 Å². The van der Waals surface area contributed by atoms with Crippen molar-refractivity contribution in [2.24, 2.45) is 0 Å². The highest BCUT2D eigenvalue weighted by Crippen LogP contribution is 2.13. The van der Waals surface area contributed by atoms with Crippen LogP contribution in [-0.4, -0.2) is 46.2 Å². The number of rotatable bonds is 3. The Labute approximate surface area is 123 Å². The molecule has 2 heterocycles. The second kappa shape index (κ2) is 6.70. The summed E-state index contributed by atoms with van der Waals surface area (Å²) >= 11 is 5.79. The Morgan fingerprint density at radius 3 is 2.70 bits per heavy atom. The van der Waals surface area contributed by atoms with Crippen molar-refractivity contribution in [3.63, 3.8) is 0 Å². The Bertz CT molecular complexity index is 471. The van der Waals surface area contributed by atoms with Gasteiger partial charge in [-0.3, -0.25) is 14.6 Å². The number of nitrogens with zero attached hydrogens (tertiary/aromatic N) is 2. The zero-order valence-corrected chi connectivity index (χ0v) is 12.1. The number of hydrogen-bond donors (Lipinski definition) is 1. The number of carbonyl (C=O) groups excluding carboxylic acids is 2. The SMILES string of the molecule is CC(Cl)C(=O)N1CCC(NC(=O)c2cccnc2)CC1. The van der Waals surface area contributed by atoms with Crippen LogP contribution in [0, 0.1) is 0 Å². The Morgan fingerprint density at radius 2 is 2.15 bits per heavy atom. The van der Waals surface area contributed by atoms with E-state index in [0.717, 1.165) is 12.8 Å². The van der Waals surface area contributed by atoms with Crippen molar-refractivity contribution in [3.05, 3.63) is 30.1 Å². The third kappa shape index (κ3) is 3.70. The number of alkyl halides is 1. The highest BCUT2D eigenvalue weighted by Gasteiger charge is 2.25. The summed E-state index contributed by atoms with van der Waals surface area (Å²) in [6.45, 7) is 2.95. The summed E-state index contributed by atoms with van der Waals surface area (Å²) in [5, 5.41) is 2.48. The van der Waals surface area contributed by atoms with Gasteiger partial charge in [-0.2, -0.15) is 0 Å². The molecular weight excluding hydrogens is 278 g/mol. The Kier molecular flexibility index (Phi) is 4.95. The molecule has 1 aromatic rings. The molecule has 2 amide bonds. The molecule has 0 saturated carbocycles. The van der Waals surface area contributed by atoms with E-state index in [9.17, 15) is 9.59 Å². The van der Waals surface area contributed by atoms with Crippen molar-refractivity contribution in [2.45, 2.75) is 31.2 Å². The maximum Gasteiger partial charge on any atom is 0.253 e. The molecular formula is C14H18ClN3O2. The Hall–Kier alpha value is -1.62. The van der Waals surface area contributed by atoms with Gasteiger partial charge in [0.25, 0.3) is 5.91 Å². The van der Waals surface area contributed by atoms with Gasteiger partial charge in [-0.25, -0.2) is 0 Å². The number of halogens is 1. The normalized spacial score (nSPS) is 17.6. The molecule has 0 radical (unpaired) electrons. The van der Waals surface area contributed by atoms with Gasteiger partial charge in [0.1, 0.15) is 5.38 Å². The predicted octanol–water partition coefficient (Wildman–Crippen LogP) is 1.43. The predicted molar refractivity (Wildman–Crippen MR) is 76.6 cm³/mol. The zero-order chi connectivity index (χ0) is 14.5. The molecule has 2 rings (SSSR count). The van der Waals surface area contributed by atoms with Crippen LogP contribution in [0.15, 0.2) is 24.5 Å². The number of hydrogen-bond acceptors (Lipinski definition) is 3.